The van der Waals surface area contributed by atoms with Crippen LogP contribution >= 0.6 is 0 Å². The van der Waals surface area contributed by atoms with Gasteiger partial charge in [-0.1, -0.05) is 71.1 Å². The predicted molar refractivity (Wildman–Crippen MR) is 99.6 cm³/mol. The first-order valence-electron chi connectivity index (χ1n) is 10.2. The van der Waals surface area contributed by atoms with Crippen LogP contribution in [0.5, 0.6) is 0 Å². The number of unbranched alkanes of at least 4 members (excludes halogenated alkanes) is 6. The van der Waals surface area contributed by atoms with E-state index in [1.54, 1.807) is 0 Å². The molecule has 0 aromatic rings. The van der Waals surface area contributed by atoms with Crippen LogP contribution in [-0.4, -0.2) is 37.1 Å². The van der Waals surface area contributed by atoms with Crippen LogP contribution in [0.25, 0.3) is 0 Å². The third kappa shape index (κ3) is 4.74. The molecule has 0 bridgehead atoms. The van der Waals surface area contributed by atoms with Gasteiger partial charge in [-0.25, -0.2) is 0 Å². The minimum absolute atomic E-state index is 0.105. The molecular formula is C21H41NO2. The zero-order chi connectivity index (χ0) is 18.3. The minimum atomic E-state index is -0.861. The SMILES string of the molecule is CCCCCCCCCC1(C(C)(C(=O)[O-])[N+](C)(C)C)CCCCC1. The summed E-state index contributed by atoms with van der Waals surface area (Å²) < 4.78 is 0.450. The second kappa shape index (κ2) is 9.22. The van der Waals surface area contributed by atoms with Crippen molar-refractivity contribution in [2.45, 2.75) is 103 Å². The van der Waals surface area contributed by atoms with Crippen molar-refractivity contribution in [3.8, 4) is 0 Å². The third-order valence-electron chi connectivity index (χ3n) is 6.84. The average Bonchev–Trinajstić information content (AvgIpc) is 2.52. The molecule has 0 spiro atoms. The molecule has 0 saturated heterocycles. The Kier molecular flexibility index (Phi) is 8.25. The Bertz CT molecular complexity index is 380. The first kappa shape index (κ1) is 21.5. The second-order valence-electron chi connectivity index (χ2n) is 9.08. The van der Waals surface area contributed by atoms with E-state index in [-0.39, 0.29) is 5.41 Å². The highest BCUT2D eigenvalue weighted by atomic mass is 16.4. The maximum absolute atomic E-state index is 12.3. The van der Waals surface area contributed by atoms with E-state index in [1.807, 2.05) is 28.1 Å². The number of carbonyl (C=O) groups is 1. The number of carboxylic acids is 1. The lowest BCUT2D eigenvalue weighted by atomic mass is 9.58. The van der Waals surface area contributed by atoms with Crippen molar-refractivity contribution < 1.29 is 14.4 Å². The van der Waals surface area contributed by atoms with Gasteiger partial charge in [0.2, 0.25) is 0 Å². The van der Waals surface area contributed by atoms with E-state index < -0.39 is 11.5 Å². The molecule has 0 heterocycles. The summed E-state index contributed by atoms with van der Waals surface area (Å²) in [6, 6.07) is 0. The number of quaternary nitrogens is 1. The van der Waals surface area contributed by atoms with Gasteiger partial charge in [0.05, 0.1) is 21.1 Å². The van der Waals surface area contributed by atoms with Gasteiger partial charge >= 0.3 is 0 Å². The average molecular weight is 340 g/mol. The Balaban J connectivity index is 2.77. The normalized spacial score (nSPS) is 20.5. The van der Waals surface area contributed by atoms with E-state index in [4.69, 9.17) is 0 Å². The number of aliphatic carboxylic acids is 1. The summed E-state index contributed by atoms with van der Waals surface area (Å²) in [7, 11) is 6.07. The minimum Gasteiger partial charge on any atom is -0.544 e. The monoisotopic (exact) mass is 339 g/mol. The molecule has 0 amide bonds. The van der Waals surface area contributed by atoms with Crippen LogP contribution in [0.1, 0.15) is 97.3 Å². The Morgan fingerprint density at radius 3 is 1.92 bits per heavy atom. The molecule has 0 aromatic carbocycles. The second-order valence-corrected chi connectivity index (χ2v) is 9.08. The maximum atomic E-state index is 12.3. The Hall–Kier alpha value is -0.570. The van der Waals surface area contributed by atoms with E-state index in [0.29, 0.717) is 4.48 Å². The fraction of sp³-hybridized carbons (Fsp3) is 0.952. The van der Waals surface area contributed by atoms with Crippen LogP contribution in [0.4, 0.5) is 0 Å². The summed E-state index contributed by atoms with van der Waals surface area (Å²) in [4.78, 5) is 12.3. The van der Waals surface area contributed by atoms with Crippen molar-refractivity contribution in [1.82, 2.24) is 0 Å². The fourth-order valence-corrected chi connectivity index (χ4v) is 4.83. The summed E-state index contributed by atoms with van der Waals surface area (Å²) in [5, 5.41) is 12.3. The number of hydrogen-bond acceptors (Lipinski definition) is 2. The lowest BCUT2D eigenvalue weighted by Crippen LogP contribution is -2.72. The molecule has 1 saturated carbocycles. The van der Waals surface area contributed by atoms with Gasteiger partial charge in [-0.3, -0.25) is 0 Å². The molecule has 1 rings (SSSR count). The number of carbonyl (C=O) groups excluding carboxylic acids is 1. The lowest BCUT2D eigenvalue weighted by Gasteiger charge is -2.57. The highest BCUT2D eigenvalue weighted by Crippen LogP contribution is 2.52. The first-order valence-corrected chi connectivity index (χ1v) is 10.2. The molecule has 3 heteroatoms. The van der Waals surface area contributed by atoms with Crippen LogP contribution in [0.3, 0.4) is 0 Å². The molecule has 0 aliphatic heterocycles. The molecule has 142 valence electrons. The van der Waals surface area contributed by atoms with Crippen LogP contribution in [0, 0.1) is 5.41 Å². The van der Waals surface area contributed by atoms with Crippen molar-refractivity contribution in [2.24, 2.45) is 5.41 Å². The molecule has 0 N–H and O–H groups in total. The molecule has 1 aliphatic carbocycles. The van der Waals surface area contributed by atoms with Gasteiger partial charge in [-0.15, -0.1) is 0 Å². The van der Waals surface area contributed by atoms with E-state index in [1.165, 1.54) is 57.8 Å². The van der Waals surface area contributed by atoms with E-state index in [9.17, 15) is 9.90 Å². The number of carboxylic acid groups (broad SMARTS) is 1. The summed E-state index contributed by atoms with van der Waals surface area (Å²) in [5.74, 6) is -0.861. The zero-order valence-corrected chi connectivity index (χ0v) is 17.0. The van der Waals surface area contributed by atoms with E-state index >= 15 is 0 Å². The van der Waals surface area contributed by atoms with E-state index in [2.05, 4.69) is 6.92 Å². The van der Waals surface area contributed by atoms with E-state index in [0.717, 1.165) is 25.7 Å². The quantitative estimate of drug-likeness (QED) is 0.416. The molecule has 0 radical (unpaired) electrons. The Labute approximate surface area is 150 Å². The van der Waals surface area contributed by atoms with Gasteiger partial charge in [0, 0.05) is 5.41 Å². The molecule has 0 aromatic heterocycles. The standard InChI is InChI=1S/C21H41NO2/c1-6-7-8-9-10-11-13-16-21(17-14-12-15-18-21)20(2,19(23)24)22(3,4)5/h6-18H2,1-5H3. The summed E-state index contributed by atoms with van der Waals surface area (Å²) >= 11 is 0. The van der Waals surface area contributed by atoms with Crippen LogP contribution in [0.15, 0.2) is 0 Å². The zero-order valence-electron chi connectivity index (χ0n) is 17.0. The summed E-state index contributed by atoms with van der Waals surface area (Å²) in [6.45, 7) is 4.20. The Morgan fingerprint density at radius 2 is 1.46 bits per heavy atom. The van der Waals surface area contributed by atoms with Crippen LogP contribution in [0.2, 0.25) is 0 Å². The van der Waals surface area contributed by atoms with Gasteiger partial charge in [0.1, 0.15) is 11.5 Å². The van der Waals surface area contributed by atoms with Gasteiger partial charge in [0.15, 0.2) is 0 Å². The van der Waals surface area contributed by atoms with Crippen LogP contribution < -0.4 is 5.11 Å². The maximum Gasteiger partial charge on any atom is 0.141 e. The molecule has 1 unspecified atom stereocenters. The van der Waals surface area contributed by atoms with Crippen molar-refractivity contribution in [1.29, 1.82) is 0 Å². The molecular weight excluding hydrogens is 298 g/mol. The largest absolute Gasteiger partial charge is 0.544 e. The number of nitrogens with zero attached hydrogens (tertiary/aromatic N) is 1. The van der Waals surface area contributed by atoms with Gasteiger partial charge in [0.25, 0.3) is 0 Å². The predicted octanol–water partition coefficient (Wildman–Crippen LogP) is 4.29. The Morgan fingerprint density at radius 1 is 0.958 bits per heavy atom. The molecule has 1 atom stereocenters. The highest BCUT2D eigenvalue weighted by Gasteiger charge is 2.57. The van der Waals surface area contributed by atoms with Crippen LogP contribution in [-0.2, 0) is 4.79 Å². The van der Waals surface area contributed by atoms with Gasteiger partial charge in [-0.2, -0.15) is 0 Å². The molecule has 3 nitrogen and oxygen atoms in total. The molecule has 24 heavy (non-hydrogen) atoms. The topological polar surface area (TPSA) is 40.1 Å². The van der Waals surface area contributed by atoms with Gasteiger partial charge < -0.3 is 14.4 Å². The number of likely N-dealkylation sites (N-methyl/N-ethyl adjacent to an activating group) is 1. The summed E-state index contributed by atoms with van der Waals surface area (Å²) in [6.07, 6.45) is 15.7. The summed E-state index contributed by atoms with van der Waals surface area (Å²) in [5.41, 5.74) is -0.915. The molecule has 1 fully saturated rings. The van der Waals surface area contributed by atoms with Crippen molar-refractivity contribution in [3.05, 3.63) is 0 Å². The lowest BCUT2D eigenvalue weighted by molar-refractivity contribution is -0.923. The molecule has 1 aliphatic rings. The van der Waals surface area contributed by atoms with Crippen molar-refractivity contribution in [2.75, 3.05) is 21.1 Å². The number of hydrogen-bond donors (Lipinski definition) is 0. The highest BCUT2D eigenvalue weighted by molar-refractivity contribution is 5.76. The third-order valence-corrected chi connectivity index (χ3v) is 6.84. The van der Waals surface area contributed by atoms with Crippen molar-refractivity contribution in [3.63, 3.8) is 0 Å². The van der Waals surface area contributed by atoms with Crippen molar-refractivity contribution >= 4 is 5.97 Å². The van der Waals surface area contributed by atoms with Gasteiger partial charge in [-0.05, 0) is 26.2 Å². The smallest absolute Gasteiger partial charge is 0.141 e. The first-order chi connectivity index (χ1) is 11.2. The fourth-order valence-electron chi connectivity index (χ4n) is 4.83. The number of rotatable bonds is 11.